The molecule has 0 aliphatic carbocycles. The molecule has 1 amide bonds. The Morgan fingerprint density at radius 2 is 1.88 bits per heavy atom. The zero-order valence-electron chi connectivity index (χ0n) is 13.9. The van der Waals surface area contributed by atoms with Gasteiger partial charge in [0, 0.05) is 19.5 Å². The Morgan fingerprint density at radius 1 is 1.12 bits per heavy atom. The Bertz CT molecular complexity index is 672. The molecule has 2 N–H and O–H groups in total. The van der Waals surface area contributed by atoms with Crippen molar-refractivity contribution in [3.8, 4) is 5.75 Å². The minimum atomic E-state index is 0.0428. The number of para-hydroxylation sites is 1. The summed E-state index contributed by atoms with van der Waals surface area (Å²) in [7, 11) is 0. The fraction of sp³-hybridized carbons (Fsp3) is 0.350. The Labute approximate surface area is 143 Å². The summed E-state index contributed by atoms with van der Waals surface area (Å²) < 4.78 is 5.90. The summed E-state index contributed by atoms with van der Waals surface area (Å²) in [5.41, 5.74) is 7.59. The number of ether oxygens (including phenoxy) is 1. The third kappa shape index (κ3) is 3.95. The van der Waals surface area contributed by atoms with Crippen LogP contribution in [0.5, 0.6) is 5.75 Å². The zero-order chi connectivity index (χ0) is 16.8. The summed E-state index contributed by atoms with van der Waals surface area (Å²) in [4.78, 5) is 14.7. The van der Waals surface area contributed by atoms with Gasteiger partial charge in [-0.3, -0.25) is 4.79 Å². The van der Waals surface area contributed by atoms with Gasteiger partial charge in [-0.2, -0.15) is 0 Å². The lowest BCUT2D eigenvalue weighted by atomic mass is 10.1. The van der Waals surface area contributed by atoms with Gasteiger partial charge in [-0.15, -0.1) is 0 Å². The molecule has 0 spiro atoms. The summed E-state index contributed by atoms with van der Waals surface area (Å²) in [5.74, 6) is 1.12. The summed E-state index contributed by atoms with van der Waals surface area (Å²) in [6.07, 6.45) is 1.81. The number of nitrogens with two attached hydrogens (primary N) is 1. The molecule has 2 aromatic carbocycles. The molecule has 1 aliphatic rings. The first-order valence-corrected chi connectivity index (χ1v) is 8.53. The molecule has 24 heavy (non-hydrogen) atoms. The zero-order valence-corrected chi connectivity index (χ0v) is 13.9. The SMILES string of the molecule is NCC1CCN(C(=O)c2ccccc2OCCc2ccccc2)C1. The Balaban J connectivity index is 1.63. The van der Waals surface area contributed by atoms with Crippen molar-refractivity contribution in [1.29, 1.82) is 0 Å². The van der Waals surface area contributed by atoms with Crippen molar-refractivity contribution in [2.45, 2.75) is 12.8 Å². The number of nitrogens with zero attached hydrogens (tertiary/aromatic N) is 1. The van der Waals surface area contributed by atoms with E-state index in [0.29, 0.717) is 30.4 Å². The van der Waals surface area contributed by atoms with Crippen LogP contribution >= 0.6 is 0 Å². The average Bonchev–Trinajstić information content (AvgIpc) is 3.12. The van der Waals surface area contributed by atoms with Gasteiger partial charge in [0.25, 0.3) is 5.91 Å². The van der Waals surface area contributed by atoms with Gasteiger partial charge in [-0.25, -0.2) is 0 Å². The van der Waals surface area contributed by atoms with Gasteiger partial charge in [0.2, 0.25) is 0 Å². The van der Waals surface area contributed by atoms with E-state index in [1.807, 2.05) is 47.4 Å². The maximum Gasteiger partial charge on any atom is 0.257 e. The second-order valence-corrected chi connectivity index (χ2v) is 6.22. The number of hydrogen-bond donors (Lipinski definition) is 1. The Hall–Kier alpha value is -2.33. The summed E-state index contributed by atoms with van der Waals surface area (Å²) >= 11 is 0. The number of carbonyl (C=O) groups excluding carboxylic acids is 1. The lowest BCUT2D eigenvalue weighted by Crippen LogP contribution is -2.30. The van der Waals surface area contributed by atoms with E-state index in [1.165, 1.54) is 5.56 Å². The van der Waals surface area contributed by atoms with E-state index in [0.717, 1.165) is 25.9 Å². The highest BCUT2D eigenvalue weighted by Crippen LogP contribution is 2.24. The van der Waals surface area contributed by atoms with Crippen LogP contribution in [0, 0.1) is 5.92 Å². The van der Waals surface area contributed by atoms with Crippen molar-refractivity contribution in [2.24, 2.45) is 11.7 Å². The second-order valence-electron chi connectivity index (χ2n) is 6.22. The molecule has 1 aliphatic heterocycles. The van der Waals surface area contributed by atoms with E-state index in [9.17, 15) is 4.79 Å². The van der Waals surface area contributed by atoms with Crippen molar-refractivity contribution < 1.29 is 9.53 Å². The molecule has 0 bridgehead atoms. The second kappa shape index (κ2) is 7.97. The summed E-state index contributed by atoms with van der Waals surface area (Å²) in [5, 5.41) is 0. The molecule has 0 saturated carbocycles. The van der Waals surface area contributed by atoms with Crippen molar-refractivity contribution in [1.82, 2.24) is 4.90 Å². The van der Waals surface area contributed by atoms with Crippen LogP contribution in [0.15, 0.2) is 54.6 Å². The fourth-order valence-electron chi connectivity index (χ4n) is 3.07. The topological polar surface area (TPSA) is 55.6 Å². The van der Waals surface area contributed by atoms with Gasteiger partial charge in [0.05, 0.1) is 12.2 Å². The average molecular weight is 324 g/mol. The van der Waals surface area contributed by atoms with Crippen molar-refractivity contribution >= 4 is 5.91 Å². The molecule has 0 aromatic heterocycles. The maximum absolute atomic E-state index is 12.8. The highest BCUT2D eigenvalue weighted by Gasteiger charge is 2.27. The van der Waals surface area contributed by atoms with Crippen LogP contribution in [0.3, 0.4) is 0 Å². The van der Waals surface area contributed by atoms with Crippen LogP contribution < -0.4 is 10.5 Å². The van der Waals surface area contributed by atoms with Gasteiger partial charge in [-0.1, -0.05) is 42.5 Å². The molecule has 4 heteroatoms. The minimum absolute atomic E-state index is 0.0428. The number of amides is 1. The molecule has 1 unspecified atom stereocenters. The van der Waals surface area contributed by atoms with Crippen LogP contribution in [0.25, 0.3) is 0 Å². The standard InChI is InChI=1S/C20H24N2O2/c21-14-17-10-12-22(15-17)20(23)18-8-4-5-9-19(18)24-13-11-16-6-2-1-3-7-16/h1-9,17H,10-15,21H2. The predicted octanol–water partition coefficient (Wildman–Crippen LogP) is 2.73. The number of benzene rings is 2. The molecule has 0 radical (unpaired) electrons. The monoisotopic (exact) mass is 324 g/mol. The molecule has 1 heterocycles. The Morgan fingerprint density at radius 3 is 2.62 bits per heavy atom. The molecule has 126 valence electrons. The van der Waals surface area contributed by atoms with Gasteiger partial charge >= 0.3 is 0 Å². The first-order valence-electron chi connectivity index (χ1n) is 8.53. The fourth-order valence-corrected chi connectivity index (χ4v) is 3.07. The summed E-state index contributed by atoms with van der Waals surface area (Å²) in [6.45, 7) is 2.71. The van der Waals surface area contributed by atoms with Gasteiger partial charge in [-0.05, 0) is 36.6 Å². The molecular formula is C20H24N2O2. The number of likely N-dealkylation sites (tertiary alicyclic amines) is 1. The Kier molecular flexibility index (Phi) is 5.49. The van der Waals surface area contributed by atoms with E-state index < -0.39 is 0 Å². The maximum atomic E-state index is 12.8. The van der Waals surface area contributed by atoms with E-state index in [-0.39, 0.29) is 5.91 Å². The third-order valence-corrected chi connectivity index (χ3v) is 4.51. The minimum Gasteiger partial charge on any atom is -0.492 e. The first-order chi connectivity index (χ1) is 11.8. The van der Waals surface area contributed by atoms with Crippen molar-refractivity contribution in [3.63, 3.8) is 0 Å². The van der Waals surface area contributed by atoms with Gasteiger partial charge in [0.1, 0.15) is 5.75 Å². The third-order valence-electron chi connectivity index (χ3n) is 4.51. The van der Waals surface area contributed by atoms with Crippen LogP contribution in [-0.4, -0.2) is 37.0 Å². The van der Waals surface area contributed by atoms with Crippen LogP contribution in [-0.2, 0) is 6.42 Å². The van der Waals surface area contributed by atoms with E-state index >= 15 is 0 Å². The molecule has 3 rings (SSSR count). The lowest BCUT2D eigenvalue weighted by Gasteiger charge is -2.18. The van der Waals surface area contributed by atoms with Crippen LogP contribution in [0.4, 0.5) is 0 Å². The largest absolute Gasteiger partial charge is 0.492 e. The number of rotatable bonds is 6. The normalized spacial score (nSPS) is 17.0. The smallest absolute Gasteiger partial charge is 0.257 e. The van der Waals surface area contributed by atoms with Gasteiger partial charge < -0.3 is 15.4 Å². The molecule has 2 aromatic rings. The molecule has 4 nitrogen and oxygen atoms in total. The van der Waals surface area contributed by atoms with E-state index in [2.05, 4.69) is 12.1 Å². The van der Waals surface area contributed by atoms with Crippen LogP contribution in [0.1, 0.15) is 22.3 Å². The predicted molar refractivity (Wildman–Crippen MR) is 95.1 cm³/mol. The highest BCUT2D eigenvalue weighted by atomic mass is 16.5. The quantitative estimate of drug-likeness (QED) is 0.889. The lowest BCUT2D eigenvalue weighted by molar-refractivity contribution is 0.0783. The van der Waals surface area contributed by atoms with E-state index in [1.54, 1.807) is 0 Å². The first kappa shape index (κ1) is 16.5. The van der Waals surface area contributed by atoms with Crippen molar-refractivity contribution in [2.75, 3.05) is 26.2 Å². The molecule has 1 atom stereocenters. The molecule has 1 fully saturated rings. The van der Waals surface area contributed by atoms with Gasteiger partial charge in [0.15, 0.2) is 0 Å². The number of hydrogen-bond acceptors (Lipinski definition) is 3. The van der Waals surface area contributed by atoms with E-state index in [4.69, 9.17) is 10.5 Å². The van der Waals surface area contributed by atoms with Crippen molar-refractivity contribution in [3.05, 3.63) is 65.7 Å². The molecule has 1 saturated heterocycles. The highest BCUT2D eigenvalue weighted by molar-refractivity contribution is 5.97. The summed E-state index contributed by atoms with van der Waals surface area (Å²) in [6, 6.07) is 17.7. The van der Waals surface area contributed by atoms with Crippen LogP contribution in [0.2, 0.25) is 0 Å². The number of carbonyl (C=O) groups is 1. The molecular weight excluding hydrogens is 300 g/mol.